The van der Waals surface area contributed by atoms with Gasteiger partial charge in [0, 0.05) is 33.5 Å². The molecule has 2 N–H and O–H groups in total. The van der Waals surface area contributed by atoms with E-state index in [9.17, 15) is 4.39 Å². The lowest BCUT2D eigenvalue weighted by atomic mass is 9.84. The molecule has 0 saturated carbocycles. The second-order valence-corrected chi connectivity index (χ2v) is 12.2. The molecule has 1 unspecified atom stereocenters. The monoisotopic (exact) mass is 596 g/mol. The molecule has 0 aliphatic carbocycles. The molecule has 4 aromatic carbocycles. The van der Waals surface area contributed by atoms with E-state index in [1.54, 1.807) is 19.2 Å². The number of ether oxygens (including phenoxy) is 1. The van der Waals surface area contributed by atoms with Crippen molar-refractivity contribution in [1.29, 1.82) is 0 Å². The highest BCUT2D eigenvalue weighted by Gasteiger charge is 2.36. The van der Waals surface area contributed by atoms with Crippen LogP contribution in [0.2, 0.25) is 10.0 Å². The van der Waals surface area contributed by atoms with Crippen molar-refractivity contribution in [2.75, 3.05) is 5.73 Å². The summed E-state index contributed by atoms with van der Waals surface area (Å²) in [6.07, 6.45) is 0.959. The van der Waals surface area contributed by atoms with E-state index in [0.29, 0.717) is 21.9 Å². The van der Waals surface area contributed by atoms with E-state index >= 15 is 0 Å². The molecule has 0 aliphatic rings. The normalized spacial score (nSPS) is 12.1. The SMILES string of the molecule is CC(Oc1cc(C#C[SiH2]C(c2ccccc2)(c2ccccc2)c2ccccc2)cnc1N)c1c(Cl)ccc(F)c1Cl. The predicted molar refractivity (Wildman–Crippen MR) is 169 cm³/mol. The molecule has 1 atom stereocenters. The van der Waals surface area contributed by atoms with Crippen LogP contribution in [0.3, 0.4) is 0 Å². The van der Waals surface area contributed by atoms with Gasteiger partial charge >= 0.3 is 0 Å². The van der Waals surface area contributed by atoms with Crippen LogP contribution in [0.5, 0.6) is 5.75 Å². The first-order chi connectivity index (χ1) is 19.9. The minimum Gasteiger partial charge on any atom is -0.482 e. The van der Waals surface area contributed by atoms with Gasteiger partial charge in [0.1, 0.15) is 21.4 Å². The molecule has 41 heavy (non-hydrogen) atoms. The highest BCUT2D eigenvalue weighted by atomic mass is 35.5. The summed E-state index contributed by atoms with van der Waals surface area (Å²) in [5, 5.41) is -0.148. The Balaban J connectivity index is 1.51. The number of pyridine rings is 1. The number of nitrogens with two attached hydrogens (primary N) is 1. The van der Waals surface area contributed by atoms with Crippen molar-refractivity contribution in [1.82, 2.24) is 4.98 Å². The number of aromatic nitrogens is 1. The summed E-state index contributed by atoms with van der Waals surface area (Å²) in [7, 11) is -1.16. The molecule has 0 fully saturated rings. The van der Waals surface area contributed by atoms with Gasteiger partial charge in [0.2, 0.25) is 0 Å². The minimum absolute atomic E-state index is 0.0856. The second-order valence-electron chi connectivity index (χ2n) is 9.61. The van der Waals surface area contributed by atoms with Crippen LogP contribution in [0.1, 0.15) is 40.8 Å². The van der Waals surface area contributed by atoms with E-state index in [1.165, 1.54) is 28.8 Å². The fourth-order valence-corrected chi connectivity index (χ4v) is 7.59. The van der Waals surface area contributed by atoms with Crippen LogP contribution >= 0.6 is 23.2 Å². The third kappa shape index (κ3) is 6.01. The Morgan fingerprint density at radius 1 is 0.854 bits per heavy atom. The third-order valence-corrected chi connectivity index (χ3v) is 9.88. The first-order valence-electron chi connectivity index (χ1n) is 13.1. The molecular formula is C34H27Cl2FN2OSi. The van der Waals surface area contributed by atoms with Crippen LogP contribution < -0.4 is 10.5 Å². The van der Waals surface area contributed by atoms with Crippen LogP contribution in [0.15, 0.2) is 115 Å². The Morgan fingerprint density at radius 2 is 1.39 bits per heavy atom. The highest BCUT2D eigenvalue weighted by molar-refractivity contribution is 6.52. The maximum Gasteiger partial charge on any atom is 0.166 e. The average Bonchev–Trinajstić information content (AvgIpc) is 3.00. The fraction of sp³-hybridized carbons (Fsp3) is 0.0882. The molecule has 1 aromatic heterocycles. The molecule has 7 heteroatoms. The van der Waals surface area contributed by atoms with Crippen molar-refractivity contribution in [2.45, 2.75) is 18.1 Å². The topological polar surface area (TPSA) is 48.1 Å². The van der Waals surface area contributed by atoms with Gasteiger partial charge in [-0.1, -0.05) is 120 Å². The van der Waals surface area contributed by atoms with Gasteiger partial charge in [-0.05, 0) is 35.7 Å². The summed E-state index contributed by atoms with van der Waals surface area (Å²) >= 11 is 12.5. The van der Waals surface area contributed by atoms with Gasteiger partial charge in [-0.2, -0.15) is 0 Å². The maximum absolute atomic E-state index is 14.1. The first kappa shape index (κ1) is 28.4. The van der Waals surface area contributed by atoms with Crippen LogP contribution in [-0.4, -0.2) is 14.5 Å². The number of hydrogen-bond acceptors (Lipinski definition) is 3. The smallest absolute Gasteiger partial charge is 0.166 e. The standard InChI is InChI=1S/C34H27Cl2FN2OSi/c1-23(31-28(35)17-18-29(37)32(31)36)40-30-21-24(22-39-33(30)38)19-20-41-34(25-11-5-2-6-12-25,26-13-7-3-8-14-26)27-15-9-4-10-16-27/h2-18,21-23H,41H2,1H3,(H2,38,39). The molecule has 1 heterocycles. The van der Waals surface area contributed by atoms with Gasteiger partial charge in [-0.3, -0.25) is 0 Å². The van der Waals surface area contributed by atoms with Crippen molar-refractivity contribution in [2.24, 2.45) is 0 Å². The van der Waals surface area contributed by atoms with Crippen LogP contribution in [0, 0.1) is 17.3 Å². The number of halogens is 3. The Morgan fingerprint density at radius 3 is 1.93 bits per heavy atom. The molecule has 0 bridgehead atoms. The van der Waals surface area contributed by atoms with E-state index < -0.39 is 21.4 Å². The number of nitrogens with zero attached hydrogens (tertiary/aromatic N) is 1. The van der Waals surface area contributed by atoms with E-state index in [4.69, 9.17) is 33.7 Å². The quantitative estimate of drug-likeness (QED) is 0.0905. The fourth-order valence-electron chi connectivity index (χ4n) is 5.04. The molecule has 0 spiro atoms. The van der Waals surface area contributed by atoms with Gasteiger partial charge in [-0.25, -0.2) is 9.37 Å². The van der Waals surface area contributed by atoms with Gasteiger partial charge in [-0.15, -0.1) is 5.54 Å². The van der Waals surface area contributed by atoms with Crippen LogP contribution in [0.25, 0.3) is 0 Å². The van der Waals surface area contributed by atoms with Crippen molar-refractivity contribution < 1.29 is 9.13 Å². The molecular weight excluding hydrogens is 570 g/mol. The lowest BCUT2D eigenvalue weighted by Gasteiger charge is -2.34. The number of benzene rings is 4. The number of anilines is 1. The molecule has 5 rings (SSSR count). The van der Waals surface area contributed by atoms with E-state index in [1.807, 2.05) is 18.2 Å². The molecule has 0 amide bonds. The van der Waals surface area contributed by atoms with Crippen molar-refractivity contribution in [3.05, 3.63) is 159 Å². The van der Waals surface area contributed by atoms with Gasteiger partial charge < -0.3 is 10.5 Å². The van der Waals surface area contributed by atoms with Gasteiger partial charge in [0.05, 0.1) is 5.02 Å². The third-order valence-electron chi connectivity index (χ3n) is 7.06. The molecule has 0 saturated heterocycles. The van der Waals surface area contributed by atoms with Crippen molar-refractivity contribution in [3.8, 4) is 17.2 Å². The lowest BCUT2D eigenvalue weighted by Crippen LogP contribution is -2.35. The summed E-state index contributed by atoms with van der Waals surface area (Å²) in [5.74, 6) is 3.26. The minimum atomic E-state index is -1.16. The second kappa shape index (κ2) is 12.6. The van der Waals surface area contributed by atoms with Crippen molar-refractivity contribution >= 4 is 38.5 Å². The largest absolute Gasteiger partial charge is 0.482 e. The number of nitrogen functional groups attached to an aromatic ring is 1. The zero-order chi connectivity index (χ0) is 28.8. The first-order valence-corrected chi connectivity index (χ1v) is 15.3. The maximum atomic E-state index is 14.1. The zero-order valence-electron chi connectivity index (χ0n) is 22.3. The Bertz CT molecular complexity index is 1610. The summed E-state index contributed by atoms with van der Waals surface area (Å²) in [4.78, 5) is 4.30. The number of rotatable bonds is 7. The van der Waals surface area contributed by atoms with Crippen molar-refractivity contribution in [3.63, 3.8) is 0 Å². The van der Waals surface area contributed by atoms with Gasteiger partial charge in [0.25, 0.3) is 0 Å². The van der Waals surface area contributed by atoms with Crippen LogP contribution in [-0.2, 0) is 5.04 Å². The zero-order valence-corrected chi connectivity index (χ0v) is 25.2. The molecule has 3 nitrogen and oxygen atoms in total. The lowest BCUT2D eigenvalue weighted by molar-refractivity contribution is 0.227. The molecule has 204 valence electrons. The molecule has 5 aromatic rings. The Hall–Kier alpha value is -4.08. The van der Waals surface area contributed by atoms with E-state index in [2.05, 4.69) is 89.2 Å². The summed E-state index contributed by atoms with van der Waals surface area (Å²) in [6.45, 7) is 1.73. The van der Waals surface area contributed by atoms with Crippen LogP contribution in [0.4, 0.5) is 10.2 Å². The Labute approximate surface area is 252 Å². The Kier molecular flexibility index (Phi) is 8.75. The van der Waals surface area contributed by atoms with Gasteiger partial charge in [0.15, 0.2) is 11.6 Å². The molecule has 0 aliphatic heterocycles. The molecule has 0 radical (unpaired) electrons. The van der Waals surface area contributed by atoms with E-state index in [0.717, 1.165) is 0 Å². The predicted octanol–water partition coefficient (Wildman–Crippen LogP) is 7.72. The average molecular weight is 598 g/mol. The number of hydrogen-bond donors (Lipinski definition) is 1. The van der Waals surface area contributed by atoms with E-state index in [-0.39, 0.29) is 15.9 Å². The summed E-state index contributed by atoms with van der Waals surface area (Å²) in [6, 6.07) is 36.0. The summed E-state index contributed by atoms with van der Waals surface area (Å²) in [5.41, 5.74) is 14.3. The summed E-state index contributed by atoms with van der Waals surface area (Å²) < 4.78 is 20.2. The highest BCUT2D eigenvalue weighted by Crippen LogP contribution is 2.38.